The van der Waals surface area contributed by atoms with Gasteiger partial charge in [-0.25, -0.2) is 4.79 Å². The van der Waals surface area contributed by atoms with Gasteiger partial charge >= 0.3 is 17.9 Å². The van der Waals surface area contributed by atoms with E-state index in [1.807, 2.05) is 13.8 Å². The molecule has 0 unspecified atom stereocenters. The van der Waals surface area contributed by atoms with Crippen LogP contribution in [0, 0.1) is 45.8 Å². The Morgan fingerprint density at radius 3 is 2.27 bits per heavy atom. The van der Waals surface area contributed by atoms with Crippen LogP contribution in [0.4, 0.5) is 0 Å². The molecule has 0 bridgehead atoms. The molecule has 8 nitrogen and oxygen atoms in total. The first-order valence-electron chi connectivity index (χ1n) is 16.7. The van der Waals surface area contributed by atoms with E-state index in [0.29, 0.717) is 37.2 Å². The van der Waals surface area contributed by atoms with E-state index in [0.717, 1.165) is 36.8 Å². The Labute approximate surface area is 264 Å². The predicted molar refractivity (Wildman–Crippen MR) is 167 cm³/mol. The average molecular weight is 617 g/mol. The van der Waals surface area contributed by atoms with Crippen molar-refractivity contribution in [3.8, 4) is 0 Å². The van der Waals surface area contributed by atoms with Crippen molar-refractivity contribution in [3.63, 3.8) is 0 Å². The van der Waals surface area contributed by atoms with Crippen molar-refractivity contribution in [2.24, 2.45) is 45.8 Å². The molecule has 4 aliphatic rings. The van der Waals surface area contributed by atoms with Crippen LogP contribution < -0.4 is 0 Å². The SMILES string of the molecule is CC(=O)O[C@H]1C[C@@]2(C)[C@@H](C[C@@H](O)[C@H]3[C@@]4(C)CC[C@@H](O)[C@@H](C)[C@@H]4CC[C@@]32C)/C1=C(\CCC=C(C)C)C(=O)OCOC(=O)C(C)C. The first-order valence-corrected chi connectivity index (χ1v) is 16.7. The second kappa shape index (κ2) is 12.9. The molecule has 4 fully saturated rings. The molecule has 44 heavy (non-hydrogen) atoms. The number of aliphatic hydroxyl groups is 2. The predicted octanol–water partition coefficient (Wildman–Crippen LogP) is 6.28. The van der Waals surface area contributed by atoms with E-state index in [1.165, 1.54) is 6.92 Å². The molecule has 0 aromatic rings. The smallest absolute Gasteiger partial charge is 0.336 e. The molecule has 4 aliphatic carbocycles. The van der Waals surface area contributed by atoms with E-state index in [9.17, 15) is 24.6 Å². The van der Waals surface area contributed by atoms with Crippen molar-refractivity contribution in [1.29, 1.82) is 0 Å². The van der Waals surface area contributed by atoms with E-state index < -0.39 is 36.9 Å². The van der Waals surface area contributed by atoms with Gasteiger partial charge in [-0.1, -0.05) is 53.2 Å². The molecular formula is C36H56O8. The van der Waals surface area contributed by atoms with E-state index >= 15 is 0 Å². The summed E-state index contributed by atoms with van der Waals surface area (Å²) in [6.07, 6.45) is 5.98. The molecule has 0 aliphatic heterocycles. The number of hydrogen-bond donors (Lipinski definition) is 2. The number of fused-ring (bicyclic) bond motifs is 5. The average Bonchev–Trinajstić information content (AvgIpc) is 3.19. The standard InChI is InChI=1S/C36H56O8/c1-20(2)11-10-12-24(33(41)43-19-42-32(40)21(3)4)30-26-17-28(39)31-34(7)15-14-27(38)22(5)25(34)13-16-35(31,8)36(26,9)18-29(30)44-23(6)37/h11,21-22,25-29,31,38-39H,10,12-19H2,1-9H3/b30-24-/t22-,25-,26-,27+,28+,29-,31-,34-,35-,36-/m0/s1. The van der Waals surface area contributed by atoms with E-state index in [2.05, 4.69) is 33.8 Å². The van der Waals surface area contributed by atoms with Gasteiger partial charge in [-0.05, 0) is 111 Å². The van der Waals surface area contributed by atoms with Gasteiger partial charge < -0.3 is 24.4 Å². The third kappa shape index (κ3) is 6.02. The highest BCUT2D eigenvalue weighted by Gasteiger charge is 2.70. The van der Waals surface area contributed by atoms with E-state index in [-0.39, 0.29) is 46.0 Å². The van der Waals surface area contributed by atoms with Crippen LogP contribution in [0.5, 0.6) is 0 Å². The summed E-state index contributed by atoms with van der Waals surface area (Å²) < 4.78 is 16.7. The van der Waals surface area contributed by atoms with Crippen molar-refractivity contribution < 1.29 is 38.8 Å². The number of carbonyl (C=O) groups excluding carboxylic acids is 3. The summed E-state index contributed by atoms with van der Waals surface area (Å²) in [6.45, 7) is 17.4. The zero-order valence-corrected chi connectivity index (χ0v) is 28.4. The number of esters is 3. The van der Waals surface area contributed by atoms with Crippen LogP contribution in [0.2, 0.25) is 0 Å². The molecule has 2 N–H and O–H groups in total. The zero-order chi connectivity index (χ0) is 32.8. The van der Waals surface area contributed by atoms with Gasteiger partial charge in [-0.3, -0.25) is 9.59 Å². The van der Waals surface area contributed by atoms with Crippen LogP contribution >= 0.6 is 0 Å². The second-order valence-electron chi connectivity index (χ2n) is 15.5. The van der Waals surface area contributed by atoms with Crippen LogP contribution in [-0.2, 0) is 28.6 Å². The normalized spacial score (nSPS) is 40.7. The minimum atomic E-state index is -0.615. The van der Waals surface area contributed by atoms with Crippen LogP contribution in [0.25, 0.3) is 0 Å². The maximum atomic E-state index is 13.8. The fourth-order valence-corrected chi connectivity index (χ4v) is 10.2. The quantitative estimate of drug-likeness (QED) is 0.142. The number of ether oxygens (including phenoxy) is 3. The molecule has 0 aromatic carbocycles. The molecule has 0 amide bonds. The molecule has 248 valence electrons. The van der Waals surface area contributed by atoms with Crippen molar-refractivity contribution in [1.82, 2.24) is 0 Å². The van der Waals surface area contributed by atoms with Crippen molar-refractivity contribution in [3.05, 3.63) is 22.8 Å². The maximum absolute atomic E-state index is 13.8. The highest BCUT2D eigenvalue weighted by Crippen LogP contribution is 2.74. The Kier molecular flexibility index (Phi) is 10.2. The monoisotopic (exact) mass is 616 g/mol. The molecule has 4 saturated carbocycles. The molecule has 0 radical (unpaired) electrons. The molecule has 0 heterocycles. The lowest BCUT2D eigenvalue weighted by Crippen LogP contribution is -2.65. The van der Waals surface area contributed by atoms with Crippen molar-refractivity contribution >= 4 is 17.9 Å². The minimum Gasteiger partial charge on any atom is -0.458 e. The summed E-state index contributed by atoms with van der Waals surface area (Å²) in [5.74, 6) is -1.48. The molecule has 8 heteroatoms. The van der Waals surface area contributed by atoms with Crippen LogP contribution in [0.15, 0.2) is 22.8 Å². The number of aliphatic hydroxyl groups excluding tert-OH is 2. The highest BCUT2D eigenvalue weighted by atomic mass is 16.7. The molecule has 10 atom stereocenters. The van der Waals surface area contributed by atoms with Crippen molar-refractivity contribution in [2.75, 3.05) is 6.79 Å². The van der Waals surface area contributed by atoms with Gasteiger partial charge in [0, 0.05) is 12.5 Å². The van der Waals surface area contributed by atoms with Crippen LogP contribution in [0.1, 0.15) is 114 Å². The first kappa shape index (κ1) is 34.7. The topological polar surface area (TPSA) is 119 Å². The van der Waals surface area contributed by atoms with E-state index in [4.69, 9.17) is 14.2 Å². The van der Waals surface area contributed by atoms with Crippen molar-refractivity contribution in [2.45, 2.75) is 132 Å². The Balaban J connectivity index is 1.79. The van der Waals surface area contributed by atoms with Gasteiger partial charge in [-0.15, -0.1) is 0 Å². The first-order chi connectivity index (χ1) is 20.5. The Hall–Kier alpha value is -2.19. The Bertz CT molecular complexity index is 1180. The summed E-state index contributed by atoms with van der Waals surface area (Å²) in [4.78, 5) is 38.3. The lowest BCUT2D eigenvalue weighted by Gasteiger charge is -2.69. The lowest BCUT2D eigenvalue weighted by atomic mass is 9.36. The molecule has 0 spiro atoms. The van der Waals surface area contributed by atoms with Gasteiger partial charge in [0.25, 0.3) is 0 Å². The highest BCUT2D eigenvalue weighted by molar-refractivity contribution is 5.90. The summed E-state index contributed by atoms with van der Waals surface area (Å²) in [5, 5.41) is 22.9. The minimum absolute atomic E-state index is 0.0128. The van der Waals surface area contributed by atoms with Gasteiger partial charge in [-0.2, -0.15) is 0 Å². The lowest BCUT2D eigenvalue weighted by molar-refractivity contribution is -0.234. The van der Waals surface area contributed by atoms with Crippen LogP contribution in [0.3, 0.4) is 0 Å². The summed E-state index contributed by atoms with van der Waals surface area (Å²) in [7, 11) is 0. The molecule has 0 aromatic heterocycles. The van der Waals surface area contributed by atoms with Gasteiger partial charge in [0.15, 0.2) is 0 Å². The van der Waals surface area contributed by atoms with E-state index in [1.54, 1.807) is 13.8 Å². The molecule has 4 rings (SSSR count). The number of hydrogen-bond acceptors (Lipinski definition) is 8. The largest absolute Gasteiger partial charge is 0.458 e. The van der Waals surface area contributed by atoms with Gasteiger partial charge in [0.2, 0.25) is 6.79 Å². The summed E-state index contributed by atoms with van der Waals surface area (Å²) in [6, 6.07) is 0. The summed E-state index contributed by atoms with van der Waals surface area (Å²) >= 11 is 0. The Morgan fingerprint density at radius 1 is 0.977 bits per heavy atom. The maximum Gasteiger partial charge on any atom is 0.336 e. The van der Waals surface area contributed by atoms with Gasteiger partial charge in [0.05, 0.1) is 18.1 Å². The Morgan fingerprint density at radius 2 is 1.66 bits per heavy atom. The fraction of sp³-hybridized carbons (Fsp3) is 0.806. The fourth-order valence-electron chi connectivity index (χ4n) is 10.2. The number of carbonyl (C=O) groups is 3. The zero-order valence-electron chi connectivity index (χ0n) is 28.4. The third-order valence-corrected chi connectivity index (χ3v) is 12.4. The number of rotatable bonds is 8. The third-order valence-electron chi connectivity index (χ3n) is 12.4. The molecular weight excluding hydrogens is 560 g/mol. The molecule has 0 saturated heterocycles. The number of allylic oxidation sites excluding steroid dienone is 2. The summed E-state index contributed by atoms with van der Waals surface area (Å²) in [5.41, 5.74) is 1.56. The van der Waals surface area contributed by atoms with Gasteiger partial charge in [0.1, 0.15) is 6.10 Å². The van der Waals surface area contributed by atoms with Crippen LogP contribution in [-0.4, -0.2) is 53.2 Å². The second-order valence-corrected chi connectivity index (χ2v) is 15.5.